The van der Waals surface area contributed by atoms with Gasteiger partial charge in [0.2, 0.25) is 5.91 Å². The molecule has 3 heteroatoms. The van der Waals surface area contributed by atoms with Crippen molar-refractivity contribution in [1.29, 1.82) is 0 Å². The van der Waals surface area contributed by atoms with Gasteiger partial charge in [-0.25, -0.2) is 0 Å². The van der Waals surface area contributed by atoms with E-state index >= 15 is 0 Å². The van der Waals surface area contributed by atoms with E-state index in [-0.39, 0.29) is 16.7 Å². The van der Waals surface area contributed by atoms with Crippen molar-refractivity contribution in [1.82, 2.24) is 5.32 Å². The molecule has 0 heterocycles. The van der Waals surface area contributed by atoms with Crippen LogP contribution in [0.2, 0.25) is 0 Å². The summed E-state index contributed by atoms with van der Waals surface area (Å²) >= 11 is 0. The molecule has 0 aliphatic heterocycles. The maximum atomic E-state index is 12.2. The van der Waals surface area contributed by atoms with Gasteiger partial charge < -0.3 is 11.1 Å². The van der Waals surface area contributed by atoms with Crippen LogP contribution >= 0.6 is 0 Å². The van der Waals surface area contributed by atoms with Crippen LogP contribution in [-0.4, -0.2) is 19.0 Å². The molecule has 0 radical (unpaired) electrons. The van der Waals surface area contributed by atoms with Crippen molar-refractivity contribution in [2.24, 2.45) is 28.4 Å². The van der Waals surface area contributed by atoms with Crippen LogP contribution in [0.25, 0.3) is 0 Å². The lowest BCUT2D eigenvalue weighted by atomic mass is 9.62. The molecular weight excluding hydrogens is 212 g/mol. The van der Waals surface area contributed by atoms with Crippen molar-refractivity contribution in [3.8, 4) is 0 Å². The van der Waals surface area contributed by atoms with E-state index in [1.54, 1.807) is 0 Å². The van der Waals surface area contributed by atoms with E-state index in [2.05, 4.69) is 39.9 Å². The van der Waals surface area contributed by atoms with Gasteiger partial charge in [0.05, 0.1) is 5.41 Å². The molecule has 0 bridgehead atoms. The summed E-state index contributed by atoms with van der Waals surface area (Å²) in [6.45, 7) is 12.2. The average molecular weight is 240 g/mol. The first-order chi connectivity index (χ1) is 7.71. The van der Waals surface area contributed by atoms with E-state index in [9.17, 15) is 4.79 Å². The van der Waals surface area contributed by atoms with Crippen molar-refractivity contribution in [3.05, 3.63) is 0 Å². The van der Waals surface area contributed by atoms with E-state index in [1.165, 1.54) is 0 Å². The monoisotopic (exact) mass is 240 g/mol. The molecule has 0 saturated heterocycles. The number of amides is 1. The van der Waals surface area contributed by atoms with Crippen LogP contribution in [0.4, 0.5) is 0 Å². The zero-order chi connectivity index (χ0) is 13.3. The quantitative estimate of drug-likeness (QED) is 0.791. The Labute approximate surface area is 106 Å². The molecule has 1 saturated carbocycles. The molecule has 1 amide bonds. The van der Waals surface area contributed by atoms with Gasteiger partial charge in [-0.3, -0.25) is 4.79 Å². The Morgan fingerprint density at radius 1 is 1.47 bits per heavy atom. The standard InChI is InChI=1S/C14H28N2O/c1-10-6-14(7-10,9-15)12(17)16-8-11(2)13(3,4)5/h10-11H,6-9,15H2,1-5H3,(H,16,17). The van der Waals surface area contributed by atoms with Crippen LogP contribution < -0.4 is 11.1 Å². The van der Waals surface area contributed by atoms with Crippen molar-refractivity contribution < 1.29 is 4.79 Å². The molecular formula is C14H28N2O. The Bertz CT molecular complexity index is 274. The Kier molecular flexibility index (Phi) is 4.23. The predicted molar refractivity (Wildman–Crippen MR) is 71.5 cm³/mol. The lowest BCUT2D eigenvalue weighted by Gasteiger charge is -2.44. The van der Waals surface area contributed by atoms with Gasteiger partial charge >= 0.3 is 0 Å². The summed E-state index contributed by atoms with van der Waals surface area (Å²) < 4.78 is 0. The highest BCUT2D eigenvalue weighted by Crippen LogP contribution is 2.44. The smallest absolute Gasteiger partial charge is 0.227 e. The second kappa shape index (κ2) is 4.97. The van der Waals surface area contributed by atoms with Gasteiger partial charge in [0, 0.05) is 13.1 Å². The van der Waals surface area contributed by atoms with Gasteiger partial charge in [0.1, 0.15) is 0 Å². The van der Waals surface area contributed by atoms with Gasteiger partial charge in [-0.1, -0.05) is 34.6 Å². The lowest BCUT2D eigenvalue weighted by molar-refractivity contribution is -0.138. The summed E-state index contributed by atoms with van der Waals surface area (Å²) in [7, 11) is 0. The number of hydrogen-bond acceptors (Lipinski definition) is 2. The van der Waals surface area contributed by atoms with E-state index in [0.29, 0.717) is 18.4 Å². The first-order valence-electron chi connectivity index (χ1n) is 6.69. The third kappa shape index (κ3) is 3.21. The molecule has 3 N–H and O–H groups in total. The second-order valence-corrected chi connectivity index (χ2v) is 6.97. The number of carbonyl (C=O) groups is 1. The maximum absolute atomic E-state index is 12.2. The summed E-state index contributed by atoms with van der Waals surface area (Å²) in [6.07, 6.45) is 1.89. The topological polar surface area (TPSA) is 55.1 Å². The van der Waals surface area contributed by atoms with Crippen LogP contribution in [0.3, 0.4) is 0 Å². The Morgan fingerprint density at radius 2 is 2.00 bits per heavy atom. The third-order valence-corrected chi connectivity index (χ3v) is 4.40. The average Bonchev–Trinajstić information content (AvgIpc) is 2.18. The molecule has 0 aromatic rings. The van der Waals surface area contributed by atoms with Gasteiger partial charge in [-0.2, -0.15) is 0 Å². The van der Waals surface area contributed by atoms with Crippen molar-refractivity contribution in [2.75, 3.05) is 13.1 Å². The van der Waals surface area contributed by atoms with Crippen LogP contribution in [0.15, 0.2) is 0 Å². The van der Waals surface area contributed by atoms with E-state index in [1.807, 2.05) is 0 Å². The van der Waals surface area contributed by atoms with Gasteiger partial charge in [-0.05, 0) is 30.1 Å². The molecule has 1 atom stereocenters. The molecule has 1 aliphatic carbocycles. The highest BCUT2D eigenvalue weighted by molar-refractivity contribution is 5.83. The minimum absolute atomic E-state index is 0.161. The molecule has 1 rings (SSSR count). The fraction of sp³-hybridized carbons (Fsp3) is 0.929. The molecule has 0 spiro atoms. The summed E-state index contributed by atoms with van der Waals surface area (Å²) in [6, 6.07) is 0. The highest BCUT2D eigenvalue weighted by atomic mass is 16.2. The molecule has 1 unspecified atom stereocenters. The Morgan fingerprint density at radius 3 is 2.35 bits per heavy atom. The zero-order valence-electron chi connectivity index (χ0n) is 12.0. The minimum atomic E-state index is -0.267. The number of rotatable bonds is 4. The van der Waals surface area contributed by atoms with Crippen LogP contribution in [0, 0.1) is 22.7 Å². The van der Waals surface area contributed by atoms with Gasteiger partial charge in [0.25, 0.3) is 0 Å². The fourth-order valence-electron chi connectivity index (χ4n) is 2.46. The number of carbonyl (C=O) groups excluding carboxylic acids is 1. The molecule has 1 fully saturated rings. The maximum Gasteiger partial charge on any atom is 0.227 e. The SMILES string of the molecule is CC1CC(CN)(C(=O)NCC(C)C(C)(C)C)C1. The van der Waals surface area contributed by atoms with Crippen molar-refractivity contribution in [2.45, 2.75) is 47.5 Å². The van der Waals surface area contributed by atoms with Crippen LogP contribution in [-0.2, 0) is 4.79 Å². The number of hydrogen-bond donors (Lipinski definition) is 2. The molecule has 100 valence electrons. The largest absolute Gasteiger partial charge is 0.355 e. The van der Waals surface area contributed by atoms with Gasteiger partial charge in [0.15, 0.2) is 0 Å². The van der Waals surface area contributed by atoms with E-state index < -0.39 is 0 Å². The minimum Gasteiger partial charge on any atom is -0.355 e. The first kappa shape index (κ1) is 14.5. The molecule has 3 nitrogen and oxygen atoms in total. The summed E-state index contributed by atoms with van der Waals surface area (Å²) in [5.41, 5.74) is 5.73. The summed E-state index contributed by atoms with van der Waals surface area (Å²) in [5.74, 6) is 1.28. The molecule has 0 aromatic carbocycles. The van der Waals surface area contributed by atoms with Crippen molar-refractivity contribution in [3.63, 3.8) is 0 Å². The molecule has 0 aromatic heterocycles. The number of nitrogens with two attached hydrogens (primary N) is 1. The Balaban J connectivity index is 2.45. The summed E-state index contributed by atoms with van der Waals surface area (Å²) in [5, 5.41) is 3.08. The summed E-state index contributed by atoms with van der Waals surface area (Å²) in [4.78, 5) is 12.2. The first-order valence-corrected chi connectivity index (χ1v) is 6.69. The highest BCUT2D eigenvalue weighted by Gasteiger charge is 2.47. The third-order valence-electron chi connectivity index (χ3n) is 4.40. The van der Waals surface area contributed by atoms with E-state index in [4.69, 9.17) is 5.73 Å². The predicted octanol–water partition coefficient (Wildman–Crippen LogP) is 2.16. The van der Waals surface area contributed by atoms with Gasteiger partial charge in [-0.15, -0.1) is 0 Å². The number of nitrogens with one attached hydrogen (secondary N) is 1. The van der Waals surface area contributed by atoms with E-state index in [0.717, 1.165) is 19.4 Å². The second-order valence-electron chi connectivity index (χ2n) is 6.97. The van der Waals surface area contributed by atoms with Crippen molar-refractivity contribution >= 4 is 5.91 Å². The zero-order valence-corrected chi connectivity index (χ0v) is 12.0. The van der Waals surface area contributed by atoms with Crippen LogP contribution in [0.1, 0.15) is 47.5 Å². The lowest BCUT2D eigenvalue weighted by Crippen LogP contribution is -2.54. The van der Waals surface area contributed by atoms with Crippen LogP contribution in [0.5, 0.6) is 0 Å². The normalized spacial score (nSPS) is 30.6. The molecule has 1 aliphatic rings. The fourth-order valence-corrected chi connectivity index (χ4v) is 2.46. The molecule has 17 heavy (non-hydrogen) atoms. The Hall–Kier alpha value is -0.570.